The van der Waals surface area contributed by atoms with Crippen molar-refractivity contribution in [3.05, 3.63) is 42.1 Å². The first-order valence-electron chi connectivity index (χ1n) is 7.01. The minimum absolute atomic E-state index is 0.0256. The standard InChI is InChI=1S/C16H19N3O4/c1-22-13-7-11(8-14(9-13)23-2)16(21)19-12-3-4-15(18-10-12)17-5-6-20/h3-4,7-10,20H,5-6H2,1-2H3,(H,17,18)(H,19,21). The maximum Gasteiger partial charge on any atom is 0.255 e. The molecule has 0 radical (unpaired) electrons. The second kappa shape index (κ2) is 8.00. The minimum atomic E-state index is -0.292. The average Bonchev–Trinajstić information content (AvgIpc) is 2.60. The smallest absolute Gasteiger partial charge is 0.255 e. The summed E-state index contributed by atoms with van der Waals surface area (Å²) in [7, 11) is 3.05. The monoisotopic (exact) mass is 317 g/mol. The number of methoxy groups -OCH3 is 2. The second-order valence-corrected chi connectivity index (χ2v) is 4.64. The molecule has 3 N–H and O–H groups in total. The molecule has 1 amide bonds. The van der Waals surface area contributed by atoms with E-state index in [1.54, 1.807) is 30.3 Å². The molecular formula is C16H19N3O4. The van der Waals surface area contributed by atoms with Crippen molar-refractivity contribution >= 4 is 17.4 Å². The van der Waals surface area contributed by atoms with Crippen LogP contribution in [0.3, 0.4) is 0 Å². The molecule has 0 saturated carbocycles. The average molecular weight is 317 g/mol. The highest BCUT2D eigenvalue weighted by Gasteiger charge is 2.10. The maximum atomic E-state index is 12.3. The van der Waals surface area contributed by atoms with Crippen LogP contribution in [0.15, 0.2) is 36.5 Å². The van der Waals surface area contributed by atoms with Gasteiger partial charge in [-0.05, 0) is 24.3 Å². The normalized spacial score (nSPS) is 10.0. The van der Waals surface area contributed by atoms with E-state index >= 15 is 0 Å². The van der Waals surface area contributed by atoms with Crippen LogP contribution in [0.4, 0.5) is 11.5 Å². The molecule has 23 heavy (non-hydrogen) atoms. The lowest BCUT2D eigenvalue weighted by Crippen LogP contribution is -2.13. The number of aliphatic hydroxyl groups is 1. The van der Waals surface area contributed by atoms with Crippen molar-refractivity contribution in [1.82, 2.24) is 4.98 Å². The summed E-state index contributed by atoms with van der Waals surface area (Å²) < 4.78 is 10.3. The molecule has 0 spiro atoms. The number of aliphatic hydroxyl groups excluding tert-OH is 1. The van der Waals surface area contributed by atoms with Gasteiger partial charge in [0.25, 0.3) is 5.91 Å². The third-order valence-corrected chi connectivity index (χ3v) is 3.05. The van der Waals surface area contributed by atoms with Gasteiger partial charge in [0.1, 0.15) is 17.3 Å². The van der Waals surface area contributed by atoms with Crippen molar-refractivity contribution in [2.75, 3.05) is 38.0 Å². The molecule has 0 aliphatic rings. The van der Waals surface area contributed by atoms with Crippen LogP contribution in [0.1, 0.15) is 10.4 Å². The van der Waals surface area contributed by atoms with Crippen LogP contribution in [-0.4, -0.2) is 43.4 Å². The Labute approximate surface area is 134 Å². The lowest BCUT2D eigenvalue weighted by Gasteiger charge is -2.10. The van der Waals surface area contributed by atoms with Crippen LogP contribution in [0, 0.1) is 0 Å². The number of carbonyl (C=O) groups is 1. The number of hydrogen-bond donors (Lipinski definition) is 3. The number of benzene rings is 1. The molecule has 1 aromatic heterocycles. The van der Waals surface area contributed by atoms with Crippen molar-refractivity contribution in [1.29, 1.82) is 0 Å². The molecule has 0 unspecified atom stereocenters. The zero-order valence-electron chi connectivity index (χ0n) is 13.0. The zero-order chi connectivity index (χ0) is 16.7. The van der Waals surface area contributed by atoms with Gasteiger partial charge in [0, 0.05) is 18.2 Å². The summed E-state index contributed by atoms with van der Waals surface area (Å²) in [6.07, 6.45) is 1.54. The molecule has 2 aromatic rings. The Kier molecular flexibility index (Phi) is 5.76. The number of nitrogens with one attached hydrogen (secondary N) is 2. The Hall–Kier alpha value is -2.80. The van der Waals surface area contributed by atoms with Crippen molar-refractivity contribution in [2.45, 2.75) is 0 Å². The van der Waals surface area contributed by atoms with E-state index < -0.39 is 0 Å². The van der Waals surface area contributed by atoms with Crippen LogP contribution >= 0.6 is 0 Å². The quantitative estimate of drug-likeness (QED) is 0.720. The molecule has 7 nitrogen and oxygen atoms in total. The zero-order valence-corrected chi connectivity index (χ0v) is 13.0. The molecule has 1 heterocycles. The number of amides is 1. The van der Waals surface area contributed by atoms with E-state index in [1.807, 2.05) is 0 Å². The van der Waals surface area contributed by atoms with Crippen LogP contribution in [0.2, 0.25) is 0 Å². The fourth-order valence-electron chi connectivity index (χ4n) is 1.90. The van der Waals surface area contributed by atoms with E-state index in [0.717, 1.165) is 0 Å². The minimum Gasteiger partial charge on any atom is -0.497 e. The van der Waals surface area contributed by atoms with E-state index in [1.165, 1.54) is 20.4 Å². The Morgan fingerprint density at radius 3 is 2.39 bits per heavy atom. The first-order valence-corrected chi connectivity index (χ1v) is 7.01. The predicted molar refractivity (Wildman–Crippen MR) is 87.3 cm³/mol. The van der Waals surface area contributed by atoms with Crippen molar-refractivity contribution in [3.63, 3.8) is 0 Å². The summed E-state index contributed by atoms with van der Waals surface area (Å²) in [5, 5.41) is 14.4. The van der Waals surface area contributed by atoms with E-state index in [9.17, 15) is 4.79 Å². The van der Waals surface area contributed by atoms with Gasteiger partial charge in [0.05, 0.1) is 32.7 Å². The molecule has 0 fully saturated rings. The fraction of sp³-hybridized carbons (Fsp3) is 0.250. The van der Waals surface area contributed by atoms with Gasteiger partial charge in [0.15, 0.2) is 0 Å². The van der Waals surface area contributed by atoms with E-state index in [-0.39, 0.29) is 12.5 Å². The van der Waals surface area contributed by atoms with Gasteiger partial charge in [-0.1, -0.05) is 0 Å². The highest BCUT2D eigenvalue weighted by molar-refractivity contribution is 6.04. The van der Waals surface area contributed by atoms with Crippen LogP contribution in [0.25, 0.3) is 0 Å². The Morgan fingerprint density at radius 1 is 1.17 bits per heavy atom. The van der Waals surface area contributed by atoms with Gasteiger partial charge in [0.2, 0.25) is 0 Å². The van der Waals surface area contributed by atoms with E-state index in [2.05, 4.69) is 15.6 Å². The molecule has 1 aromatic carbocycles. The molecular weight excluding hydrogens is 298 g/mol. The molecule has 0 aliphatic heterocycles. The van der Waals surface area contributed by atoms with Gasteiger partial charge >= 0.3 is 0 Å². The van der Waals surface area contributed by atoms with E-state index in [4.69, 9.17) is 14.6 Å². The number of carbonyl (C=O) groups excluding carboxylic acids is 1. The van der Waals surface area contributed by atoms with Crippen molar-refractivity contribution in [2.24, 2.45) is 0 Å². The highest BCUT2D eigenvalue weighted by atomic mass is 16.5. The summed E-state index contributed by atoms with van der Waals surface area (Å²) in [6.45, 7) is 0.445. The number of ether oxygens (including phenoxy) is 2. The third kappa shape index (κ3) is 4.58. The summed E-state index contributed by atoms with van der Waals surface area (Å²) in [5.74, 6) is 1.41. The van der Waals surface area contributed by atoms with Crippen molar-refractivity contribution in [3.8, 4) is 11.5 Å². The van der Waals surface area contributed by atoms with Gasteiger partial charge < -0.3 is 25.2 Å². The van der Waals surface area contributed by atoms with Gasteiger partial charge in [-0.25, -0.2) is 4.98 Å². The first kappa shape index (κ1) is 16.6. The van der Waals surface area contributed by atoms with Crippen LogP contribution < -0.4 is 20.1 Å². The number of nitrogens with zero attached hydrogens (tertiary/aromatic N) is 1. The largest absolute Gasteiger partial charge is 0.497 e. The molecule has 122 valence electrons. The first-order chi connectivity index (χ1) is 11.2. The number of hydrogen-bond acceptors (Lipinski definition) is 6. The van der Waals surface area contributed by atoms with Crippen LogP contribution in [-0.2, 0) is 0 Å². The summed E-state index contributed by atoms with van der Waals surface area (Å²) in [6, 6.07) is 8.39. The van der Waals surface area contributed by atoms with Gasteiger partial charge in [-0.15, -0.1) is 0 Å². The second-order valence-electron chi connectivity index (χ2n) is 4.64. The van der Waals surface area contributed by atoms with Crippen LogP contribution in [0.5, 0.6) is 11.5 Å². The van der Waals surface area contributed by atoms with Crippen molar-refractivity contribution < 1.29 is 19.4 Å². The lowest BCUT2D eigenvalue weighted by molar-refractivity contribution is 0.102. The summed E-state index contributed by atoms with van der Waals surface area (Å²) in [4.78, 5) is 16.5. The Bertz CT molecular complexity index is 637. The maximum absolute atomic E-state index is 12.3. The molecule has 0 saturated heterocycles. The van der Waals surface area contributed by atoms with Gasteiger partial charge in [-0.3, -0.25) is 4.79 Å². The summed E-state index contributed by atoms with van der Waals surface area (Å²) in [5.41, 5.74) is 0.981. The molecule has 0 atom stereocenters. The predicted octanol–water partition coefficient (Wildman–Crippen LogP) is 1.76. The SMILES string of the molecule is COc1cc(OC)cc(C(=O)Nc2ccc(NCCO)nc2)c1. The molecule has 2 rings (SSSR count). The number of pyridine rings is 1. The highest BCUT2D eigenvalue weighted by Crippen LogP contribution is 2.23. The number of anilines is 2. The van der Waals surface area contributed by atoms with E-state index in [0.29, 0.717) is 35.1 Å². The third-order valence-electron chi connectivity index (χ3n) is 3.05. The van der Waals surface area contributed by atoms with Gasteiger partial charge in [-0.2, -0.15) is 0 Å². The molecule has 0 bridgehead atoms. The fourth-order valence-corrected chi connectivity index (χ4v) is 1.90. The lowest BCUT2D eigenvalue weighted by atomic mass is 10.2. The molecule has 7 heteroatoms. The number of rotatable bonds is 7. The molecule has 0 aliphatic carbocycles. The number of aromatic nitrogens is 1. The topological polar surface area (TPSA) is 92.7 Å². The Balaban J connectivity index is 2.09. The Morgan fingerprint density at radius 2 is 1.87 bits per heavy atom. The summed E-state index contributed by atoms with van der Waals surface area (Å²) >= 11 is 0.